The van der Waals surface area contributed by atoms with Gasteiger partial charge in [0.05, 0.1) is 17.6 Å². The van der Waals surface area contributed by atoms with Gasteiger partial charge in [0.1, 0.15) is 10.8 Å². The summed E-state index contributed by atoms with van der Waals surface area (Å²) in [7, 11) is 0. The molecule has 0 saturated carbocycles. The van der Waals surface area contributed by atoms with E-state index in [1.807, 2.05) is 12.3 Å². The van der Waals surface area contributed by atoms with Crippen LogP contribution < -0.4 is 5.73 Å². The van der Waals surface area contributed by atoms with Crippen LogP contribution in [-0.4, -0.2) is 14.5 Å². The van der Waals surface area contributed by atoms with Crippen molar-refractivity contribution in [3.63, 3.8) is 0 Å². The third-order valence-corrected chi connectivity index (χ3v) is 3.65. The lowest BCUT2D eigenvalue weighted by Gasteiger charge is -2.03. The molecule has 0 aliphatic carbocycles. The van der Waals surface area contributed by atoms with Crippen molar-refractivity contribution in [3.8, 4) is 0 Å². The summed E-state index contributed by atoms with van der Waals surface area (Å²) in [5.41, 5.74) is 8.23. The molecule has 0 saturated heterocycles. The quantitative estimate of drug-likeness (QED) is 0.772. The monoisotopic (exact) mass is 262 g/mol. The lowest BCUT2D eigenvalue weighted by Crippen LogP contribution is -2.04. The highest BCUT2D eigenvalue weighted by Crippen LogP contribution is 2.21. The molecule has 0 atom stereocenters. The van der Waals surface area contributed by atoms with Crippen LogP contribution in [0.25, 0.3) is 11.0 Å². The minimum absolute atomic E-state index is 0.293. The first-order valence-electron chi connectivity index (χ1n) is 5.46. The number of fused-ring (bicyclic) bond motifs is 1. The Morgan fingerprint density at radius 3 is 2.94 bits per heavy atom. The highest BCUT2D eigenvalue weighted by molar-refractivity contribution is 7.09. The molecule has 0 unspecified atom stereocenters. The normalized spacial score (nSPS) is 11.2. The molecule has 2 aromatic heterocycles. The van der Waals surface area contributed by atoms with Crippen LogP contribution in [0, 0.1) is 12.7 Å². The first-order valence-corrected chi connectivity index (χ1v) is 6.34. The zero-order chi connectivity index (χ0) is 12.7. The summed E-state index contributed by atoms with van der Waals surface area (Å²) in [6, 6.07) is 4.45. The van der Waals surface area contributed by atoms with Crippen LogP contribution in [0.5, 0.6) is 0 Å². The molecule has 0 radical (unpaired) electrons. The maximum absolute atomic E-state index is 13.3. The highest BCUT2D eigenvalue weighted by atomic mass is 32.1. The highest BCUT2D eigenvalue weighted by Gasteiger charge is 2.10. The molecular weight excluding hydrogens is 251 g/mol. The van der Waals surface area contributed by atoms with Gasteiger partial charge in [0.25, 0.3) is 0 Å². The fourth-order valence-corrected chi connectivity index (χ4v) is 2.65. The van der Waals surface area contributed by atoms with Crippen molar-refractivity contribution in [3.05, 3.63) is 40.1 Å². The Hall–Kier alpha value is -1.95. The van der Waals surface area contributed by atoms with E-state index >= 15 is 0 Å². The number of hydrogen-bond acceptors (Lipinski definition) is 4. The maximum atomic E-state index is 13.3. The SMILES string of the molecule is Cc1csc(Cn2c(N)nc3ccc(F)cc32)n1. The lowest BCUT2D eigenvalue weighted by atomic mass is 10.3. The number of imidazole rings is 1. The largest absolute Gasteiger partial charge is 0.369 e. The Morgan fingerprint density at radius 2 is 2.22 bits per heavy atom. The summed E-state index contributed by atoms with van der Waals surface area (Å²) in [4.78, 5) is 8.58. The van der Waals surface area contributed by atoms with E-state index in [1.54, 1.807) is 22.0 Å². The Balaban J connectivity index is 2.10. The maximum Gasteiger partial charge on any atom is 0.201 e. The predicted octanol–water partition coefficient (Wildman–Crippen LogP) is 2.57. The Kier molecular flexibility index (Phi) is 2.52. The van der Waals surface area contributed by atoms with E-state index in [0.717, 1.165) is 10.7 Å². The van der Waals surface area contributed by atoms with Crippen molar-refractivity contribution in [1.29, 1.82) is 0 Å². The van der Waals surface area contributed by atoms with Gasteiger partial charge in [-0.3, -0.25) is 0 Å². The predicted molar refractivity (Wildman–Crippen MR) is 70.1 cm³/mol. The molecule has 18 heavy (non-hydrogen) atoms. The average Bonchev–Trinajstić information content (AvgIpc) is 2.86. The van der Waals surface area contributed by atoms with E-state index in [9.17, 15) is 4.39 Å². The van der Waals surface area contributed by atoms with E-state index in [1.165, 1.54) is 12.1 Å². The molecule has 4 nitrogen and oxygen atoms in total. The number of nitrogens with two attached hydrogens (primary N) is 1. The minimum Gasteiger partial charge on any atom is -0.369 e. The van der Waals surface area contributed by atoms with Crippen LogP contribution in [0.2, 0.25) is 0 Å². The van der Waals surface area contributed by atoms with Gasteiger partial charge in [-0.1, -0.05) is 0 Å². The number of nitrogens with zero attached hydrogens (tertiary/aromatic N) is 3. The van der Waals surface area contributed by atoms with Crippen molar-refractivity contribution in [2.24, 2.45) is 0 Å². The summed E-state index contributed by atoms with van der Waals surface area (Å²) in [5.74, 6) is 0.0856. The summed E-state index contributed by atoms with van der Waals surface area (Å²) < 4.78 is 15.0. The number of aromatic nitrogens is 3. The summed E-state index contributed by atoms with van der Waals surface area (Å²) >= 11 is 1.56. The van der Waals surface area contributed by atoms with Crippen LogP contribution in [-0.2, 0) is 6.54 Å². The van der Waals surface area contributed by atoms with Crippen LogP contribution in [0.4, 0.5) is 10.3 Å². The van der Waals surface area contributed by atoms with Crippen LogP contribution in [0.15, 0.2) is 23.6 Å². The first-order chi connectivity index (χ1) is 8.63. The molecule has 0 bridgehead atoms. The molecule has 3 aromatic rings. The van der Waals surface area contributed by atoms with Gasteiger partial charge >= 0.3 is 0 Å². The number of halogens is 1. The molecule has 6 heteroatoms. The minimum atomic E-state index is -0.293. The van der Waals surface area contributed by atoms with E-state index < -0.39 is 0 Å². The van der Waals surface area contributed by atoms with E-state index in [4.69, 9.17) is 5.73 Å². The molecule has 0 spiro atoms. The van der Waals surface area contributed by atoms with E-state index in [2.05, 4.69) is 9.97 Å². The van der Waals surface area contributed by atoms with E-state index in [0.29, 0.717) is 23.5 Å². The van der Waals surface area contributed by atoms with Crippen LogP contribution in [0.1, 0.15) is 10.7 Å². The van der Waals surface area contributed by atoms with Gasteiger partial charge in [0.2, 0.25) is 5.95 Å². The van der Waals surface area contributed by atoms with Gasteiger partial charge in [-0.25, -0.2) is 14.4 Å². The number of rotatable bonds is 2. The fourth-order valence-electron chi connectivity index (χ4n) is 1.89. The van der Waals surface area contributed by atoms with Gasteiger partial charge in [-0.15, -0.1) is 11.3 Å². The number of anilines is 1. The molecule has 0 amide bonds. The van der Waals surface area contributed by atoms with Gasteiger partial charge in [-0.05, 0) is 25.1 Å². The van der Waals surface area contributed by atoms with Crippen LogP contribution >= 0.6 is 11.3 Å². The Morgan fingerprint density at radius 1 is 1.39 bits per heavy atom. The third-order valence-electron chi connectivity index (χ3n) is 2.70. The molecule has 3 rings (SSSR count). The first kappa shape index (κ1) is 11.2. The summed E-state index contributed by atoms with van der Waals surface area (Å²) in [5, 5.41) is 2.91. The molecule has 1 aromatic carbocycles. The van der Waals surface area contributed by atoms with Gasteiger partial charge < -0.3 is 10.3 Å². The molecule has 2 heterocycles. The van der Waals surface area contributed by atoms with E-state index in [-0.39, 0.29) is 5.82 Å². The van der Waals surface area contributed by atoms with Gasteiger partial charge in [0, 0.05) is 11.1 Å². The van der Waals surface area contributed by atoms with Crippen molar-refractivity contribution in [2.45, 2.75) is 13.5 Å². The smallest absolute Gasteiger partial charge is 0.201 e. The standard InChI is InChI=1S/C12H11FN4S/c1-7-6-18-11(15-7)5-17-10-4-8(13)2-3-9(10)16-12(17)14/h2-4,6H,5H2,1H3,(H2,14,16). The third kappa shape index (κ3) is 1.84. The zero-order valence-corrected chi connectivity index (χ0v) is 10.5. The number of nitrogen functional groups attached to an aromatic ring is 1. The number of aryl methyl sites for hydroxylation is 1. The molecule has 92 valence electrons. The summed E-state index contributed by atoms with van der Waals surface area (Å²) in [6.45, 7) is 2.46. The molecule has 2 N–H and O–H groups in total. The second-order valence-electron chi connectivity index (χ2n) is 4.07. The molecule has 0 aliphatic rings. The number of thiazole rings is 1. The van der Waals surface area contributed by atoms with Crippen molar-refractivity contribution in [2.75, 3.05) is 5.73 Å². The Bertz CT molecular complexity index is 716. The Labute approximate surface area is 107 Å². The van der Waals surface area contributed by atoms with Crippen molar-refractivity contribution < 1.29 is 4.39 Å². The second-order valence-corrected chi connectivity index (χ2v) is 5.01. The molecule has 0 fully saturated rings. The summed E-state index contributed by atoms with van der Waals surface area (Å²) in [6.07, 6.45) is 0. The average molecular weight is 262 g/mol. The van der Waals surface area contributed by atoms with Gasteiger partial charge in [-0.2, -0.15) is 0 Å². The fraction of sp³-hybridized carbons (Fsp3) is 0.167. The topological polar surface area (TPSA) is 56.7 Å². The lowest BCUT2D eigenvalue weighted by molar-refractivity contribution is 0.628. The van der Waals surface area contributed by atoms with Crippen molar-refractivity contribution >= 4 is 28.3 Å². The van der Waals surface area contributed by atoms with Crippen LogP contribution in [0.3, 0.4) is 0 Å². The zero-order valence-electron chi connectivity index (χ0n) is 9.72. The van der Waals surface area contributed by atoms with Gasteiger partial charge in [0.15, 0.2) is 0 Å². The number of hydrogen-bond donors (Lipinski definition) is 1. The second kappa shape index (κ2) is 4.06. The molecule has 0 aliphatic heterocycles. The number of benzene rings is 1. The molecular formula is C12H11FN4S. The van der Waals surface area contributed by atoms with Crippen molar-refractivity contribution in [1.82, 2.24) is 14.5 Å².